The van der Waals surface area contributed by atoms with Gasteiger partial charge in [-0.25, -0.2) is 0 Å². The number of likely N-dealkylation sites (N-methyl/N-ethyl adjacent to an activating group) is 1. The van der Waals surface area contributed by atoms with Crippen LogP contribution < -0.4 is 5.32 Å². The molecule has 1 heterocycles. The van der Waals surface area contributed by atoms with Gasteiger partial charge in [0.1, 0.15) is 6.42 Å². The molecule has 1 fully saturated rings. The molecular weight excluding hydrogens is 245 g/mol. The number of likely N-dealkylation sites (tertiary alicyclic amines) is 1. The molecule has 1 rings (SSSR count). The van der Waals surface area contributed by atoms with E-state index in [4.69, 9.17) is 0 Å². The Bertz CT molecular complexity index is 235. The first-order valence-corrected chi connectivity index (χ1v) is 4.94. The number of amides is 1. The first-order chi connectivity index (χ1) is 6.92. The van der Waals surface area contributed by atoms with Gasteiger partial charge in [0.15, 0.2) is 0 Å². The molecular formula is C9H16ClF3N2O. The van der Waals surface area contributed by atoms with Crippen molar-refractivity contribution in [1.29, 1.82) is 0 Å². The predicted molar refractivity (Wildman–Crippen MR) is 56.6 cm³/mol. The van der Waals surface area contributed by atoms with E-state index >= 15 is 0 Å². The molecule has 0 aromatic heterocycles. The highest BCUT2D eigenvalue weighted by Gasteiger charge is 2.34. The summed E-state index contributed by atoms with van der Waals surface area (Å²) >= 11 is 0. The minimum atomic E-state index is -4.40. The molecule has 0 aliphatic carbocycles. The minimum Gasteiger partial charge on any atom is -0.341 e. The van der Waals surface area contributed by atoms with Crippen LogP contribution in [0.2, 0.25) is 0 Å². The number of nitrogens with one attached hydrogen (secondary N) is 1. The molecule has 0 aromatic carbocycles. The third-order valence-corrected chi connectivity index (χ3v) is 2.53. The number of halogens is 4. The van der Waals surface area contributed by atoms with Crippen molar-refractivity contribution in [2.24, 2.45) is 0 Å². The third-order valence-electron chi connectivity index (χ3n) is 2.53. The van der Waals surface area contributed by atoms with Crippen LogP contribution in [0.25, 0.3) is 0 Å². The first-order valence-electron chi connectivity index (χ1n) is 4.94. The van der Waals surface area contributed by atoms with Crippen molar-refractivity contribution >= 4 is 18.3 Å². The van der Waals surface area contributed by atoms with E-state index in [0.29, 0.717) is 13.1 Å². The predicted octanol–water partition coefficient (Wildman–Crippen LogP) is 1.57. The fraction of sp³-hybridized carbons (Fsp3) is 0.889. The largest absolute Gasteiger partial charge is 0.397 e. The zero-order valence-corrected chi connectivity index (χ0v) is 9.83. The van der Waals surface area contributed by atoms with Crippen LogP contribution >= 0.6 is 12.4 Å². The van der Waals surface area contributed by atoms with Gasteiger partial charge in [-0.15, -0.1) is 12.4 Å². The molecule has 1 saturated heterocycles. The van der Waals surface area contributed by atoms with Gasteiger partial charge in [-0.3, -0.25) is 4.79 Å². The molecule has 1 amide bonds. The molecule has 16 heavy (non-hydrogen) atoms. The summed E-state index contributed by atoms with van der Waals surface area (Å²) in [5, 5.41) is 2.98. The summed E-state index contributed by atoms with van der Waals surface area (Å²) < 4.78 is 35.9. The summed E-state index contributed by atoms with van der Waals surface area (Å²) in [5.41, 5.74) is 0. The Labute approximate surface area is 98.8 Å². The van der Waals surface area contributed by atoms with Crippen LogP contribution in [0, 0.1) is 0 Å². The van der Waals surface area contributed by atoms with Gasteiger partial charge in [0.05, 0.1) is 0 Å². The van der Waals surface area contributed by atoms with Crippen molar-refractivity contribution in [1.82, 2.24) is 10.2 Å². The molecule has 0 spiro atoms. The highest BCUT2D eigenvalue weighted by Crippen LogP contribution is 2.22. The Balaban J connectivity index is 0.00000225. The smallest absolute Gasteiger partial charge is 0.341 e. The minimum absolute atomic E-state index is 0. The number of carbonyl (C=O) groups excluding carboxylic acids is 1. The number of nitrogens with zero attached hydrogens (tertiary/aromatic N) is 1. The second-order valence-electron chi connectivity index (χ2n) is 3.76. The molecule has 0 radical (unpaired) electrons. The van der Waals surface area contributed by atoms with Crippen molar-refractivity contribution in [3.8, 4) is 0 Å². The highest BCUT2D eigenvalue weighted by atomic mass is 35.5. The summed E-state index contributed by atoms with van der Waals surface area (Å²) in [6, 6.07) is 0.121. The molecule has 3 nitrogen and oxygen atoms in total. The van der Waals surface area contributed by atoms with E-state index in [1.165, 1.54) is 4.90 Å². The Morgan fingerprint density at radius 1 is 1.50 bits per heavy atom. The fourth-order valence-electron chi connectivity index (χ4n) is 1.72. The van der Waals surface area contributed by atoms with E-state index in [0.717, 1.165) is 12.8 Å². The number of carbonyl (C=O) groups is 1. The van der Waals surface area contributed by atoms with Gasteiger partial charge < -0.3 is 10.2 Å². The van der Waals surface area contributed by atoms with Gasteiger partial charge in [-0.2, -0.15) is 13.2 Å². The summed E-state index contributed by atoms with van der Waals surface area (Å²) in [6.45, 7) is 0.818. The van der Waals surface area contributed by atoms with Gasteiger partial charge in [0.25, 0.3) is 0 Å². The van der Waals surface area contributed by atoms with Crippen molar-refractivity contribution in [3.05, 3.63) is 0 Å². The van der Waals surface area contributed by atoms with Gasteiger partial charge >= 0.3 is 6.18 Å². The SMILES string of the molecule is CNC1CCCN(C(=O)CC(F)(F)F)C1.Cl. The van der Waals surface area contributed by atoms with E-state index in [1.54, 1.807) is 7.05 Å². The van der Waals surface area contributed by atoms with Gasteiger partial charge in [0.2, 0.25) is 5.91 Å². The van der Waals surface area contributed by atoms with E-state index < -0.39 is 18.5 Å². The zero-order chi connectivity index (χ0) is 11.5. The quantitative estimate of drug-likeness (QED) is 0.817. The van der Waals surface area contributed by atoms with Crippen LogP contribution in [-0.2, 0) is 4.79 Å². The molecule has 1 atom stereocenters. The standard InChI is InChI=1S/C9H15F3N2O.ClH/c1-13-7-3-2-4-14(6-7)8(15)5-9(10,11)12;/h7,13H,2-6H2,1H3;1H. The van der Waals surface area contributed by atoms with Crippen LogP contribution in [0.4, 0.5) is 13.2 Å². The lowest BCUT2D eigenvalue weighted by Crippen LogP contribution is -2.47. The van der Waals surface area contributed by atoms with Crippen LogP contribution in [0.3, 0.4) is 0 Å². The van der Waals surface area contributed by atoms with Gasteiger partial charge in [-0.1, -0.05) is 0 Å². The van der Waals surface area contributed by atoms with Crippen molar-refractivity contribution in [2.45, 2.75) is 31.5 Å². The lowest BCUT2D eigenvalue weighted by molar-refractivity contribution is -0.162. The Kier molecular flexibility index (Phi) is 6.10. The molecule has 96 valence electrons. The van der Waals surface area contributed by atoms with Crippen molar-refractivity contribution in [2.75, 3.05) is 20.1 Å². The number of rotatable bonds is 2. The monoisotopic (exact) mass is 260 g/mol. The highest BCUT2D eigenvalue weighted by molar-refractivity contribution is 5.85. The second kappa shape index (κ2) is 6.30. The number of alkyl halides is 3. The van der Waals surface area contributed by atoms with Crippen LogP contribution in [-0.4, -0.2) is 43.2 Å². The molecule has 0 aromatic rings. The summed E-state index contributed by atoms with van der Waals surface area (Å²) in [4.78, 5) is 12.5. The molecule has 1 aliphatic heterocycles. The zero-order valence-electron chi connectivity index (χ0n) is 9.01. The molecule has 1 N–H and O–H groups in total. The average molecular weight is 261 g/mol. The Hall–Kier alpha value is -0.490. The summed E-state index contributed by atoms with van der Waals surface area (Å²) in [7, 11) is 1.75. The van der Waals surface area contributed by atoms with Crippen molar-refractivity contribution in [3.63, 3.8) is 0 Å². The first kappa shape index (κ1) is 15.5. The van der Waals surface area contributed by atoms with Crippen LogP contribution in [0.5, 0.6) is 0 Å². The average Bonchev–Trinajstić information content (AvgIpc) is 2.15. The maximum Gasteiger partial charge on any atom is 0.397 e. The van der Waals surface area contributed by atoms with Gasteiger partial charge in [0, 0.05) is 19.1 Å². The molecule has 7 heteroatoms. The van der Waals surface area contributed by atoms with E-state index in [1.807, 2.05) is 0 Å². The molecule has 0 saturated carbocycles. The summed E-state index contributed by atoms with van der Waals surface area (Å²) in [5.74, 6) is -0.817. The normalized spacial score (nSPS) is 21.5. The fourth-order valence-corrected chi connectivity index (χ4v) is 1.72. The van der Waals surface area contributed by atoms with E-state index in [9.17, 15) is 18.0 Å². The van der Waals surface area contributed by atoms with Crippen LogP contribution in [0.15, 0.2) is 0 Å². The Morgan fingerprint density at radius 2 is 2.12 bits per heavy atom. The Morgan fingerprint density at radius 3 is 2.62 bits per heavy atom. The molecule has 0 bridgehead atoms. The van der Waals surface area contributed by atoms with Crippen LogP contribution in [0.1, 0.15) is 19.3 Å². The van der Waals surface area contributed by atoms with E-state index in [-0.39, 0.29) is 18.4 Å². The number of piperidine rings is 1. The maximum atomic E-state index is 12.0. The van der Waals surface area contributed by atoms with E-state index in [2.05, 4.69) is 5.32 Å². The maximum absolute atomic E-state index is 12.0. The second-order valence-corrected chi connectivity index (χ2v) is 3.76. The number of hydrogen-bond donors (Lipinski definition) is 1. The lowest BCUT2D eigenvalue weighted by Gasteiger charge is -2.32. The third kappa shape index (κ3) is 5.03. The molecule has 1 unspecified atom stereocenters. The molecule has 1 aliphatic rings. The number of hydrogen-bond acceptors (Lipinski definition) is 2. The van der Waals surface area contributed by atoms with Crippen molar-refractivity contribution < 1.29 is 18.0 Å². The van der Waals surface area contributed by atoms with Gasteiger partial charge in [-0.05, 0) is 19.9 Å². The summed E-state index contributed by atoms with van der Waals surface area (Å²) in [6.07, 6.45) is -4.07. The topological polar surface area (TPSA) is 32.3 Å². The lowest BCUT2D eigenvalue weighted by atomic mass is 10.1.